The molecule has 5 rings (SSSR count). The van der Waals surface area contributed by atoms with Crippen LogP contribution in [0.15, 0.2) is 54.7 Å². The molecule has 0 saturated carbocycles. The maximum atomic E-state index is 6.44. The molecule has 0 unspecified atom stereocenters. The summed E-state index contributed by atoms with van der Waals surface area (Å²) in [5.41, 5.74) is 3.63. The number of pyridine rings is 1. The molecule has 0 spiro atoms. The van der Waals surface area contributed by atoms with E-state index in [1.54, 1.807) is 0 Å². The van der Waals surface area contributed by atoms with Crippen molar-refractivity contribution in [2.45, 2.75) is 70.8 Å². The second kappa shape index (κ2) is 14.0. The Morgan fingerprint density at radius 2 is 1.61 bits per heavy atom. The summed E-state index contributed by atoms with van der Waals surface area (Å²) in [5, 5.41) is 1.17. The summed E-state index contributed by atoms with van der Waals surface area (Å²) in [5.74, 6) is 1.92. The molecule has 0 atom stereocenters. The van der Waals surface area contributed by atoms with Crippen molar-refractivity contribution >= 4 is 10.9 Å². The van der Waals surface area contributed by atoms with Crippen LogP contribution in [0.1, 0.15) is 63.0 Å². The third-order valence-corrected chi connectivity index (χ3v) is 8.19. The Hall–Kier alpha value is -2.63. The molecular formula is C33H45N3O2. The highest BCUT2D eigenvalue weighted by Crippen LogP contribution is 2.27. The fourth-order valence-corrected chi connectivity index (χ4v) is 5.77. The first kappa shape index (κ1) is 27.0. The Morgan fingerprint density at radius 3 is 2.37 bits per heavy atom. The lowest BCUT2D eigenvalue weighted by molar-refractivity contribution is 0.102. The third kappa shape index (κ3) is 7.70. The maximum Gasteiger partial charge on any atom is 0.145 e. The quantitative estimate of drug-likeness (QED) is 0.272. The van der Waals surface area contributed by atoms with Gasteiger partial charge in [-0.05, 0) is 93.4 Å². The number of rotatable bonds is 11. The lowest BCUT2D eigenvalue weighted by Gasteiger charge is -2.32. The van der Waals surface area contributed by atoms with Crippen LogP contribution in [-0.2, 0) is 12.8 Å². The average molecular weight is 516 g/mol. The molecule has 0 aliphatic carbocycles. The Kier molecular flexibility index (Phi) is 9.90. The first-order valence-corrected chi connectivity index (χ1v) is 15.0. The lowest BCUT2D eigenvalue weighted by atomic mass is 10.1. The molecule has 5 nitrogen and oxygen atoms in total. The van der Waals surface area contributed by atoms with E-state index in [1.165, 1.54) is 61.8 Å². The van der Waals surface area contributed by atoms with Crippen molar-refractivity contribution in [3.8, 4) is 11.5 Å². The number of para-hydroxylation sites is 1. The maximum absolute atomic E-state index is 6.44. The molecule has 3 heterocycles. The Bertz CT molecular complexity index is 1120. The first-order valence-electron chi connectivity index (χ1n) is 15.0. The number of aryl methyl sites for hydroxylation is 1. The van der Waals surface area contributed by atoms with Crippen LogP contribution < -0.4 is 9.47 Å². The van der Waals surface area contributed by atoms with E-state index in [-0.39, 0.29) is 6.10 Å². The van der Waals surface area contributed by atoms with Gasteiger partial charge in [0, 0.05) is 37.8 Å². The van der Waals surface area contributed by atoms with Crippen LogP contribution in [0.4, 0.5) is 0 Å². The van der Waals surface area contributed by atoms with Crippen molar-refractivity contribution in [3.05, 3.63) is 65.9 Å². The van der Waals surface area contributed by atoms with Crippen molar-refractivity contribution in [3.63, 3.8) is 0 Å². The van der Waals surface area contributed by atoms with Gasteiger partial charge in [0.25, 0.3) is 0 Å². The highest BCUT2D eigenvalue weighted by atomic mass is 16.5. The summed E-state index contributed by atoms with van der Waals surface area (Å²) < 4.78 is 12.5. The van der Waals surface area contributed by atoms with Gasteiger partial charge in [0.05, 0.1) is 6.61 Å². The zero-order valence-corrected chi connectivity index (χ0v) is 23.2. The van der Waals surface area contributed by atoms with Crippen LogP contribution in [0.2, 0.25) is 0 Å². The van der Waals surface area contributed by atoms with Gasteiger partial charge < -0.3 is 19.3 Å². The first-order chi connectivity index (χ1) is 18.8. The summed E-state index contributed by atoms with van der Waals surface area (Å²) in [4.78, 5) is 9.88. The standard InChI is InChI=1S/C33H45N3O2/c1-2-27-25-29-9-7-10-32(33(29)34-26-27)38-31-16-22-36(23-17-31)21-15-28-11-13-30(14-12-28)37-24-8-20-35-18-5-3-4-6-19-35/h7,9-14,25-26,31H,2-6,8,15-24H2,1H3. The fourth-order valence-electron chi connectivity index (χ4n) is 5.77. The molecule has 204 valence electrons. The summed E-state index contributed by atoms with van der Waals surface area (Å²) in [6.07, 6.45) is 13.1. The minimum atomic E-state index is 0.264. The Morgan fingerprint density at radius 1 is 0.842 bits per heavy atom. The van der Waals surface area contributed by atoms with Gasteiger partial charge in [-0.15, -0.1) is 0 Å². The number of aromatic nitrogens is 1. The summed E-state index contributed by atoms with van der Waals surface area (Å²) in [6, 6.07) is 17.3. The molecule has 5 heteroatoms. The van der Waals surface area contributed by atoms with Crippen LogP contribution in [0.5, 0.6) is 11.5 Å². The van der Waals surface area contributed by atoms with E-state index in [4.69, 9.17) is 14.5 Å². The Labute approximate surface area is 229 Å². The van der Waals surface area contributed by atoms with E-state index in [0.717, 1.165) is 75.4 Å². The number of likely N-dealkylation sites (tertiary alicyclic amines) is 2. The van der Waals surface area contributed by atoms with Crippen LogP contribution >= 0.6 is 0 Å². The van der Waals surface area contributed by atoms with Crippen molar-refractivity contribution in [1.29, 1.82) is 0 Å². The van der Waals surface area contributed by atoms with Crippen LogP contribution in [-0.4, -0.2) is 66.8 Å². The number of nitrogens with zero attached hydrogens (tertiary/aromatic N) is 3. The molecule has 38 heavy (non-hydrogen) atoms. The Balaban J connectivity index is 1.00. The van der Waals surface area contributed by atoms with E-state index < -0.39 is 0 Å². The van der Waals surface area contributed by atoms with E-state index in [9.17, 15) is 0 Å². The van der Waals surface area contributed by atoms with Crippen molar-refractivity contribution < 1.29 is 9.47 Å². The molecule has 2 aliphatic rings. The molecule has 2 aliphatic heterocycles. The van der Waals surface area contributed by atoms with Gasteiger partial charge in [0.2, 0.25) is 0 Å². The van der Waals surface area contributed by atoms with Crippen LogP contribution in [0, 0.1) is 0 Å². The lowest BCUT2D eigenvalue weighted by Crippen LogP contribution is -2.39. The van der Waals surface area contributed by atoms with Gasteiger partial charge in [0.1, 0.15) is 23.1 Å². The molecule has 2 saturated heterocycles. The van der Waals surface area contributed by atoms with E-state index in [0.29, 0.717) is 0 Å². The monoisotopic (exact) mass is 515 g/mol. The average Bonchev–Trinajstić information content (AvgIpc) is 3.24. The van der Waals surface area contributed by atoms with E-state index >= 15 is 0 Å². The predicted octanol–water partition coefficient (Wildman–Crippen LogP) is 6.53. The number of fused-ring (bicyclic) bond motifs is 1. The number of piperidine rings is 1. The number of ether oxygens (including phenoxy) is 2. The van der Waals surface area contributed by atoms with Crippen LogP contribution in [0.3, 0.4) is 0 Å². The SMILES string of the molecule is CCc1cnc2c(OC3CCN(CCc4ccc(OCCCN5CCCCCC5)cc4)CC3)cccc2c1. The van der Waals surface area contributed by atoms with Gasteiger partial charge in [-0.1, -0.05) is 44.0 Å². The van der Waals surface area contributed by atoms with Gasteiger partial charge in [-0.3, -0.25) is 4.98 Å². The van der Waals surface area contributed by atoms with E-state index in [2.05, 4.69) is 65.3 Å². The molecular weight excluding hydrogens is 470 g/mol. The molecule has 0 radical (unpaired) electrons. The largest absolute Gasteiger partial charge is 0.494 e. The van der Waals surface area contributed by atoms with Crippen LogP contribution in [0.25, 0.3) is 10.9 Å². The molecule has 1 aromatic heterocycles. The van der Waals surface area contributed by atoms with Gasteiger partial charge >= 0.3 is 0 Å². The smallest absolute Gasteiger partial charge is 0.145 e. The summed E-state index contributed by atoms with van der Waals surface area (Å²) in [7, 11) is 0. The van der Waals surface area contributed by atoms with E-state index in [1.807, 2.05) is 6.20 Å². The second-order valence-electron chi connectivity index (χ2n) is 11.0. The molecule has 0 amide bonds. The molecule has 2 fully saturated rings. The van der Waals surface area contributed by atoms with Crippen molar-refractivity contribution in [1.82, 2.24) is 14.8 Å². The highest BCUT2D eigenvalue weighted by molar-refractivity contribution is 5.84. The van der Waals surface area contributed by atoms with Crippen molar-refractivity contribution in [2.75, 3.05) is 45.9 Å². The van der Waals surface area contributed by atoms with Gasteiger partial charge in [-0.2, -0.15) is 0 Å². The normalized spacial score (nSPS) is 17.9. The predicted molar refractivity (Wildman–Crippen MR) is 156 cm³/mol. The highest BCUT2D eigenvalue weighted by Gasteiger charge is 2.21. The number of benzene rings is 2. The molecule has 0 N–H and O–H groups in total. The number of hydrogen-bond acceptors (Lipinski definition) is 5. The van der Waals surface area contributed by atoms with Gasteiger partial charge in [-0.25, -0.2) is 0 Å². The minimum absolute atomic E-state index is 0.264. The molecule has 2 aromatic carbocycles. The zero-order chi connectivity index (χ0) is 26.0. The fraction of sp³-hybridized carbons (Fsp3) is 0.545. The molecule has 0 bridgehead atoms. The minimum Gasteiger partial charge on any atom is -0.494 e. The summed E-state index contributed by atoms with van der Waals surface area (Å²) >= 11 is 0. The topological polar surface area (TPSA) is 37.8 Å². The molecule has 3 aromatic rings. The number of hydrogen-bond donors (Lipinski definition) is 0. The second-order valence-corrected chi connectivity index (χ2v) is 11.0. The third-order valence-electron chi connectivity index (χ3n) is 8.19. The van der Waals surface area contributed by atoms with Gasteiger partial charge in [0.15, 0.2) is 0 Å². The summed E-state index contributed by atoms with van der Waals surface area (Å²) in [6.45, 7) is 9.93. The van der Waals surface area contributed by atoms with Crippen molar-refractivity contribution in [2.24, 2.45) is 0 Å². The zero-order valence-electron chi connectivity index (χ0n) is 23.2.